The molecule has 0 saturated heterocycles. The van der Waals surface area contributed by atoms with Crippen LogP contribution in [0.5, 0.6) is 5.75 Å². The van der Waals surface area contributed by atoms with Crippen LogP contribution >= 0.6 is 0 Å². The SMILES string of the molecule is CCC(=O)N(c1ccc(O)cc1)c1ccc(F)cc1. The summed E-state index contributed by atoms with van der Waals surface area (Å²) in [7, 11) is 0. The Morgan fingerprint density at radius 1 is 1.05 bits per heavy atom. The highest BCUT2D eigenvalue weighted by Crippen LogP contribution is 2.27. The summed E-state index contributed by atoms with van der Waals surface area (Å²) in [6.07, 6.45) is 0.332. The van der Waals surface area contributed by atoms with Gasteiger partial charge >= 0.3 is 0 Å². The third kappa shape index (κ3) is 2.91. The molecule has 0 radical (unpaired) electrons. The van der Waals surface area contributed by atoms with Gasteiger partial charge in [-0.3, -0.25) is 9.69 Å². The number of hydrogen-bond donors (Lipinski definition) is 1. The van der Waals surface area contributed by atoms with Gasteiger partial charge in [-0.05, 0) is 48.5 Å². The van der Waals surface area contributed by atoms with E-state index in [-0.39, 0.29) is 17.5 Å². The number of anilines is 2. The molecule has 0 bridgehead atoms. The Labute approximate surface area is 110 Å². The molecule has 0 aliphatic rings. The van der Waals surface area contributed by atoms with Gasteiger partial charge in [0, 0.05) is 17.8 Å². The van der Waals surface area contributed by atoms with E-state index in [9.17, 15) is 14.3 Å². The number of phenols is 1. The van der Waals surface area contributed by atoms with Gasteiger partial charge in [0.05, 0.1) is 0 Å². The molecule has 0 aliphatic heterocycles. The van der Waals surface area contributed by atoms with E-state index in [4.69, 9.17) is 0 Å². The molecule has 0 spiro atoms. The Balaban J connectivity index is 2.44. The first-order chi connectivity index (χ1) is 9.11. The van der Waals surface area contributed by atoms with Crippen molar-refractivity contribution in [2.45, 2.75) is 13.3 Å². The van der Waals surface area contributed by atoms with Gasteiger partial charge in [-0.15, -0.1) is 0 Å². The Kier molecular flexibility index (Phi) is 3.80. The monoisotopic (exact) mass is 259 g/mol. The van der Waals surface area contributed by atoms with Crippen molar-refractivity contribution in [1.29, 1.82) is 0 Å². The Morgan fingerprint density at radius 3 is 2.00 bits per heavy atom. The van der Waals surface area contributed by atoms with Gasteiger partial charge in [0.1, 0.15) is 11.6 Å². The second-order valence-electron chi connectivity index (χ2n) is 4.08. The first-order valence-corrected chi connectivity index (χ1v) is 5.99. The van der Waals surface area contributed by atoms with Crippen LogP contribution in [0.3, 0.4) is 0 Å². The number of halogens is 1. The molecule has 1 N–H and O–H groups in total. The van der Waals surface area contributed by atoms with E-state index in [2.05, 4.69) is 0 Å². The number of amides is 1. The van der Waals surface area contributed by atoms with Crippen molar-refractivity contribution >= 4 is 17.3 Å². The number of carbonyl (C=O) groups excluding carboxylic acids is 1. The standard InChI is InChI=1S/C15H14FNO2/c1-2-15(19)17(12-5-3-11(16)4-6-12)13-7-9-14(18)10-8-13/h3-10,18H,2H2,1H3. The van der Waals surface area contributed by atoms with E-state index in [0.29, 0.717) is 17.8 Å². The summed E-state index contributed by atoms with van der Waals surface area (Å²) < 4.78 is 13.0. The van der Waals surface area contributed by atoms with Crippen LogP contribution in [-0.2, 0) is 4.79 Å². The molecule has 0 atom stereocenters. The van der Waals surface area contributed by atoms with E-state index in [0.717, 1.165) is 0 Å². The van der Waals surface area contributed by atoms with Crippen LogP contribution in [0.15, 0.2) is 48.5 Å². The molecule has 2 aromatic carbocycles. The molecule has 0 unspecified atom stereocenters. The molecule has 0 heterocycles. The van der Waals surface area contributed by atoms with Crippen LogP contribution in [0, 0.1) is 5.82 Å². The molecule has 98 valence electrons. The molecular weight excluding hydrogens is 245 g/mol. The minimum atomic E-state index is -0.349. The van der Waals surface area contributed by atoms with Crippen LogP contribution < -0.4 is 4.90 Å². The first-order valence-electron chi connectivity index (χ1n) is 5.99. The summed E-state index contributed by atoms with van der Waals surface area (Å²) in [5.74, 6) is -0.317. The highest BCUT2D eigenvalue weighted by atomic mass is 19.1. The zero-order valence-electron chi connectivity index (χ0n) is 10.5. The van der Waals surface area contributed by atoms with Gasteiger partial charge in [0.2, 0.25) is 5.91 Å². The molecule has 0 saturated carbocycles. The van der Waals surface area contributed by atoms with E-state index < -0.39 is 0 Å². The minimum absolute atomic E-state index is 0.0997. The van der Waals surface area contributed by atoms with Crippen LogP contribution in [0.1, 0.15) is 13.3 Å². The van der Waals surface area contributed by atoms with Gasteiger partial charge in [-0.1, -0.05) is 6.92 Å². The highest BCUT2D eigenvalue weighted by Gasteiger charge is 2.16. The van der Waals surface area contributed by atoms with Crippen molar-refractivity contribution in [2.75, 3.05) is 4.90 Å². The minimum Gasteiger partial charge on any atom is -0.508 e. The van der Waals surface area contributed by atoms with Crippen molar-refractivity contribution in [2.24, 2.45) is 0 Å². The average Bonchev–Trinajstić information content (AvgIpc) is 2.43. The maximum Gasteiger partial charge on any atom is 0.231 e. The molecule has 0 fully saturated rings. The predicted octanol–water partition coefficient (Wildman–Crippen LogP) is 3.61. The fourth-order valence-electron chi connectivity index (χ4n) is 1.79. The number of phenolic OH excluding ortho intramolecular Hbond substituents is 1. The summed E-state index contributed by atoms with van der Waals surface area (Å²) in [6.45, 7) is 1.76. The lowest BCUT2D eigenvalue weighted by atomic mass is 10.2. The molecule has 2 aromatic rings. The highest BCUT2D eigenvalue weighted by molar-refractivity contribution is 6.00. The third-order valence-electron chi connectivity index (χ3n) is 2.74. The summed E-state index contributed by atoms with van der Waals surface area (Å²) in [6, 6.07) is 12.0. The van der Waals surface area contributed by atoms with Gasteiger partial charge in [0.25, 0.3) is 0 Å². The molecule has 0 aromatic heterocycles. The molecule has 2 rings (SSSR count). The summed E-state index contributed by atoms with van der Waals surface area (Å²) in [5.41, 5.74) is 1.23. The van der Waals surface area contributed by atoms with Crippen LogP contribution in [0.25, 0.3) is 0 Å². The number of rotatable bonds is 3. The Hall–Kier alpha value is -2.36. The zero-order chi connectivity index (χ0) is 13.8. The normalized spacial score (nSPS) is 10.2. The van der Waals surface area contributed by atoms with E-state index in [1.165, 1.54) is 29.2 Å². The van der Waals surface area contributed by atoms with E-state index in [1.807, 2.05) is 0 Å². The largest absolute Gasteiger partial charge is 0.508 e. The Bertz CT molecular complexity index is 518. The van der Waals surface area contributed by atoms with Crippen molar-refractivity contribution < 1.29 is 14.3 Å². The van der Waals surface area contributed by atoms with Crippen LogP contribution in [0.4, 0.5) is 15.8 Å². The molecule has 1 amide bonds. The van der Waals surface area contributed by atoms with Gasteiger partial charge in [-0.25, -0.2) is 4.39 Å². The van der Waals surface area contributed by atoms with E-state index in [1.54, 1.807) is 31.2 Å². The number of benzene rings is 2. The second kappa shape index (κ2) is 5.52. The lowest BCUT2D eigenvalue weighted by molar-refractivity contribution is -0.117. The molecule has 0 aliphatic carbocycles. The van der Waals surface area contributed by atoms with Crippen molar-refractivity contribution in [1.82, 2.24) is 0 Å². The van der Waals surface area contributed by atoms with Crippen molar-refractivity contribution in [3.63, 3.8) is 0 Å². The zero-order valence-corrected chi connectivity index (χ0v) is 10.5. The molecule has 19 heavy (non-hydrogen) atoms. The van der Waals surface area contributed by atoms with Gasteiger partial charge in [0.15, 0.2) is 0 Å². The second-order valence-corrected chi connectivity index (χ2v) is 4.08. The molecule has 4 heteroatoms. The van der Waals surface area contributed by atoms with Crippen molar-refractivity contribution in [3.05, 3.63) is 54.3 Å². The maximum absolute atomic E-state index is 13.0. The summed E-state index contributed by atoms with van der Waals surface area (Å²) >= 11 is 0. The third-order valence-corrected chi connectivity index (χ3v) is 2.74. The topological polar surface area (TPSA) is 40.5 Å². The quantitative estimate of drug-likeness (QED) is 0.914. The number of nitrogens with zero attached hydrogens (tertiary/aromatic N) is 1. The lowest BCUT2D eigenvalue weighted by Crippen LogP contribution is -2.24. The van der Waals surface area contributed by atoms with Crippen LogP contribution in [-0.4, -0.2) is 11.0 Å². The number of aromatic hydroxyl groups is 1. The maximum atomic E-state index is 13.0. The fraction of sp³-hybridized carbons (Fsp3) is 0.133. The average molecular weight is 259 g/mol. The fourth-order valence-corrected chi connectivity index (χ4v) is 1.79. The van der Waals surface area contributed by atoms with Gasteiger partial charge in [-0.2, -0.15) is 0 Å². The molecule has 3 nitrogen and oxygen atoms in total. The molecular formula is C15H14FNO2. The first kappa shape index (κ1) is 13.1. The summed E-state index contributed by atoms with van der Waals surface area (Å²) in [5, 5.41) is 9.29. The smallest absolute Gasteiger partial charge is 0.231 e. The summed E-state index contributed by atoms with van der Waals surface area (Å²) in [4.78, 5) is 13.6. The van der Waals surface area contributed by atoms with E-state index >= 15 is 0 Å². The van der Waals surface area contributed by atoms with Crippen LogP contribution in [0.2, 0.25) is 0 Å². The Morgan fingerprint density at radius 2 is 1.53 bits per heavy atom. The number of carbonyl (C=O) groups is 1. The number of hydrogen-bond acceptors (Lipinski definition) is 2. The lowest BCUT2D eigenvalue weighted by Gasteiger charge is -2.22. The predicted molar refractivity (Wildman–Crippen MR) is 71.9 cm³/mol. The van der Waals surface area contributed by atoms with Crippen molar-refractivity contribution in [3.8, 4) is 5.75 Å². The van der Waals surface area contributed by atoms with Gasteiger partial charge < -0.3 is 5.11 Å².